The summed E-state index contributed by atoms with van der Waals surface area (Å²) in [7, 11) is 0. The highest BCUT2D eigenvalue weighted by atomic mass is 79.9. The maximum Gasteiger partial charge on any atom is 0.257 e. The van der Waals surface area contributed by atoms with E-state index in [0.717, 1.165) is 15.7 Å². The predicted molar refractivity (Wildman–Crippen MR) is 115 cm³/mol. The molecule has 0 saturated heterocycles. The first-order valence-corrected chi connectivity index (χ1v) is 9.45. The zero-order valence-corrected chi connectivity index (χ0v) is 16.7. The Morgan fingerprint density at radius 1 is 0.963 bits per heavy atom. The largest absolute Gasteiger partial charge is 0.489 e. The number of carbonyl (C=O) groups excluding carboxylic acids is 1. The number of amides is 1. The van der Waals surface area contributed by atoms with Gasteiger partial charge < -0.3 is 10.1 Å². The lowest BCUT2D eigenvalue weighted by atomic mass is 10.2. The van der Waals surface area contributed by atoms with E-state index in [1.165, 1.54) is 0 Å². The minimum absolute atomic E-state index is 0.225. The summed E-state index contributed by atoms with van der Waals surface area (Å²) in [5.74, 6) is 0.320. The molecule has 0 saturated carbocycles. The molecule has 0 atom stereocenters. The van der Waals surface area contributed by atoms with Gasteiger partial charge in [0.25, 0.3) is 5.91 Å². The van der Waals surface area contributed by atoms with Crippen molar-refractivity contribution < 1.29 is 9.53 Å². The third-order valence-electron chi connectivity index (χ3n) is 3.69. The first kappa shape index (κ1) is 19.1. The van der Waals surface area contributed by atoms with Gasteiger partial charge in [-0.1, -0.05) is 48.5 Å². The van der Waals surface area contributed by atoms with Crippen LogP contribution in [0.1, 0.15) is 15.9 Å². The molecule has 1 amide bonds. The Morgan fingerprint density at radius 3 is 2.48 bits per heavy atom. The van der Waals surface area contributed by atoms with Crippen LogP contribution in [-0.4, -0.2) is 11.0 Å². The van der Waals surface area contributed by atoms with E-state index in [0.29, 0.717) is 17.9 Å². The number of benzene rings is 3. The highest BCUT2D eigenvalue weighted by Gasteiger charge is 2.10. The van der Waals surface area contributed by atoms with E-state index < -0.39 is 0 Å². The van der Waals surface area contributed by atoms with Crippen LogP contribution in [0.5, 0.6) is 5.75 Å². The Labute approximate surface area is 171 Å². The number of nitrogens with one attached hydrogen (secondary N) is 2. The Kier molecular flexibility index (Phi) is 6.57. The van der Waals surface area contributed by atoms with E-state index in [1.807, 2.05) is 60.7 Å². The molecule has 0 aliphatic carbocycles. The van der Waals surface area contributed by atoms with E-state index in [1.54, 1.807) is 18.2 Å². The molecule has 3 aromatic rings. The number of anilines is 1. The van der Waals surface area contributed by atoms with E-state index >= 15 is 0 Å². The molecule has 27 heavy (non-hydrogen) atoms. The standard InChI is InChI=1S/C21H17BrN2O2S/c22-18-11-4-5-12-19(18)23-21(27)24-20(25)16-9-6-10-17(13-16)26-14-15-7-2-1-3-8-15/h1-13H,14H2,(H2,23,24,25,27). The molecule has 0 heterocycles. The number of thiocarbonyl (C=S) groups is 1. The molecule has 0 aromatic heterocycles. The molecule has 0 radical (unpaired) electrons. The van der Waals surface area contributed by atoms with Gasteiger partial charge in [-0.15, -0.1) is 0 Å². The fraction of sp³-hybridized carbons (Fsp3) is 0.0476. The van der Waals surface area contributed by atoms with Crippen LogP contribution in [0.2, 0.25) is 0 Å². The van der Waals surface area contributed by atoms with Gasteiger partial charge in [-0.3, -0.25) is 10.1 Å². The van der Waals surface area contributed by atoms with Gasteiger partial charge in [0.1, 0.15) is 12.4 Å². The number of ether oxygens (including phenoxy) is 1. The molecule has 2 N–H and O–H groups in total. The molecule has 6 heteroatoms. The van der Waals surface area contributed by atoms with Crippen molar-refractivity contribution in [2.24, 2.45) is 0 Å². The van der Waals surface area contributed by atoms with Crippen molar-refractivity contribution in [3.8, 4) is 5.75 Å². The van der Waals surface area contributed by atoms with Gasteiger partial charge in [-0.2, -0.15) is 0 Å². The van der Waals surface area contributed by atoms with Crippen molar-refractivity contribution in [3.05, 3.63) is 94.5 Å². The lowest BCUT2D eigenvalue weighted by Crippen LogP contribution is -2.34. The summed E-state index contributed by atoms with van der Waals surface area (Å²) in [5, 5.41) is 5.90. The van der Waals surface area contributed by atoms with Crippen LogP contribution in [0.15, 0.2) is 83.3 Å². The van der Waals surface area contributed by atoms with Crippen molar-refractivity contribution >= 4 is 44.9 Å². The second-order valence-electron chi connectivity index (χ2n) is 5.69. The second kappa shape index (κ2) is 9.30. The van der Waals surface area contributed by atoms with E-state index in [2.05, 4.69) is 26.6 Å². The molecule has 136 valence electrons. The summed E-state index contributed by atoms with van der Waals surface area (Å²) >= 11 is 8.66. The molecule has 0 aliphatic heterocycles. The number of para-hydroxylation sites is 1. The molecule has 0 bridgehead atoms. The third-order valence-corrected chi connectivity index (χ3v) is 4.59. The molecule has 4 nitrogen and oxygen atoms in total. The minimum Gasteiger partial charge on any atom is -0.489 e. The van der Waals surface area contributed by atoms with Crippen LogP contribution in [-0.2, 0) is 6.61 Å². The SMILES string of the molecule is O=C(NC(=S)Nc1ccccc1Br)c1cccc(OCc2ccccc2)c1. The first-order valence-electron chi connectivity index (χ1n) is 8.25. The average molecular weight is 441 g/mol. The molecule has 0 unspecified atom stereocenters. The van der Waals surface area contributed by atoms with Crippen molar-refractivity contribution in [1.82, 2.24) is 5.32 Å². The van der Waals surface area contributed by atoms with Crippen LogP contribution in [0, 0.1) is 0 Å². The topological polar surface area (TPSA) is 50.4 Å². The quantitative estimate of drug-likeness (QED) is 0.538. The van der Waals surface area contributed by atoms with Crippen LogP contribution in [0.3, 0.4) is 0 Å². The summed E-state index contributed by atoms with van der Waals surface area (Å²) < 4.78 is 6.62. The molecule has 3 rings (SSSR count). The average Bonchev–Trinajstić information content (AvgIpc) is 2.69. The zero-order valence-electron chi connectivity index (χ0n) is 14.3. The van der Waals surface area contributed by atoms with Gasteiger partial charge >= 0.3 is 0 Å². The third kappa shape index (κ3) is 5.64. The second-order valence-corrected chi connectivity index (χ2v) is 6.95. The predicted octanol–water partition coefficient (Wildman–Crippen LogP) is 5.15. The minimum atomic E-state index is -0.301. The summed E-state index contributed by atoms with van der Waals surface area (Å²) in [4.78, 5) is 12.5. The van der Waals surface area contributed by atoms with Crippen molar-refractivity contribution in [1.29, 1.82) is 0 Å². The van der Waals surface area contributed by atoms with E-state index in [-0.39, 0.29) is 11.0 Å². The van der Waals surface area contributed by atoms with Gasteiger partial charge in [0, 0.05) is 10.0 Å². The number of rotatable bonds is 5. The maximum atomic E-state index is 12.5. The van der Waals surface area contributed by atoms with Gasteiger partial charge in [0.2, 0.25) is 0 Å². The zero-order chi connectivity index (χ0) is 19.1. The van der Waals surface area contributed by atoms with E-state index in [4.69, 9.17) is 17.0 Å². The van der Waals surface area contributed by atoms with Crippen LogP contribution in [0.4, 0.5) is 5.69 Å². The summed E-state index contributed by atoms with van der Waals surface area (Å²) in [6.07, 6.45) is 0. The molecular weight excluding hydrogens is 424 g/mol. The summed E-state index contributed by atoms with van der Waals surface area (Å²) in [6, 6.07) is 24.4. The maximum absolute atomic E-state index is 12.5. The smallest absolute Gasteiger partial charge is 0.257 e. The Morgan fingerprint density at radius 2 is 1.70 bits per heavy atom. The Hall–Kier alpha value is -2.70. The lowest BCUT2D eigenvalue weighted by molar-refractivity contribution is 0.0977. The molecule has 0 spiro atoms. The van der Waals surface area contributed by atoms with Gasteiger partial charge in [0.05, 0.1) is 5.69 Å². The normalized spacial score (nSPS) is 10.1. The van der Waals surface area contributed by atoms with Gasteiger partial charge in [-0.25, -0.2) is 0 Å². The highest BCUT2D eigenvalue weighted by Crippen LogP contribution is 2.21. The Balaban J connectivity index is 1.59. The van der Waals surface area contributed by atoms with E-state index in [9.17, 15) is 4.79 Å². The number of halogens is 1. The Bertz CT molecular complexity index is 948. The molecule has 0 fully saturated rings. The number of hydrogen-bond donors (Lipinski definition) is 2. The molecule has 0 aliphatic rings. The summed E-state index contributed by atoms with van der Waals surface area (Å²) in [6.45, 7) is 0.438. The van der Waals surface area contributed by atoms with Crippen molar-refractivity contribution in [2.75, 3.05) is 5.32 Å². The van der Waals surface area contributed by atoms with Crippen LogP contribution in [0.25, 0.3) is 0 Å². The molecule has 3 aromatic carbocycles. The monoisotopic (exact) mass is 440 g/mol. The van der Waals surface area contributed by atoms with Crippen molar-refractivity contribution in [2.45, 2.75) is 6.61 Å². The lowest BCUT2D eigenvalue weighted by Gasteiger charge is -2.12. The number of carbonyl (C=O) groups is 1. The summed E-state index contributed by atoms with van der Waals surface area (Å²) in [5.41, 5.74) is 2.31. The van der Waals surface area contributed by atoms with Crippen molar-refractivity contribution in [3.63, 3.8) is 0 Å². The van der Waals surface area contributed by atoms with Crippen LogP contribution < -0.4 is 15.4 Å². The fourth-order valence-corrected chi connectivity index (χ4v) is 2.95. The van der Waals surface area contributed by atoms with Crippen LogP contribution >= 0.6 is 28.1 Å². The number of hydrogen-bond acceptors (Lipinski definition) is 3. The van der Waals surface area contributed by atoms with Gasteiger partial charge in [0.15, 0.2) is 5.11 Å². The van der Waals surface area contributed by atoms with Gasteiger partial charge in [-0.05, 0) is 64.0 Å². The first-order chi connectivity index (χ1) is 13.1. The highest BCUT2D eigenvalue weighted by molar-refractivity contribution is 9.10. The molecular formula is C21H17BrN2O2S. The fourth-order valence-electron chi connectivity index (χ4n) is 2.36.